The molecule has 120 valence electrons. The molecule has 0 bridgehead atoms. The van der Waals surface area contributed by atoms with E-state index in [9.17, 15) is 4.79 Å². The van der Waals surface area contributed by atoms with E-state index in [1.807, 2.05) is 34.9 Å². The van der Waals surface area contributed by atoms with Gasteiger partial charge in [0.25, 0.3) is 5.56 Å². The van der Waals surface area contributed by atoms with Crippen molar-refractivity contribution in [1.82, 2.24) is 9.55 Å². The molecule has 0 radical (unpaired) electrons. The van der Waals surface area contributed by atoms with Crippen LogP contribution in [0.1, 0.15) is 24.2 Å². The summed E-state index contributed by atoms with van der Waals surface area (Å²) in [4.78, 5) is 20.9. The van der Waals surface area contributed by atoms with Crippen LogP contribution in [0.2, 0.25) is 0 Å². The zero-order chi connectivity index (χ0) is 16.7. The molecular formula is C18H17N5O. The Morgan fingerprint density at radius 2 is 1.92 bits per heavy atom. The molecule has 1 aliphatic rings. The van der Waals surface area contributed by atoms with Crippen LogP contribution < -0.4 is 16.6 Å². The maximum absolute atomic E-state index is 12.2. The van der Waals surface area contributed by atoms with Crippen molar-refractivity contribution in [3.63, 3.8) is 0 Å². The fourth-order valence-corrected chi connectivity index (χ4v) is 3.01. The molecule has 6 nitrogen and oxygen atoms in total. The van der Waals surface area contributed by atoms with Gasteiger partial charge in [0.15, 0.2) is 12.1 Å². The van der Waals surface area contributed by atoms with Crippen LogP contribution >= 0.6 is 0 Å². The van der Waals surface area contributed by atoms with E-state index in [0.29, 0.717) is 11.3 Å². The summed E-state index contributed by atoms with van der Waals surface area (Å²) in [5.41, 5.74) is 8.66. The zero-order valence-electron chi connectivity index (χ0n) is 13.2. The number of rotatable bonds is 2. The monoisotopic (exact) mass is 319 g/mol. The average Bonchev–Trinajstić information content (AvgIpc) is 2.61. The summed E-state index contributed by atoms with van der Waals surface area (Å²) in [6.45, 7) is 2.12. The van der Waals surface area contributed by atoms with Crippen molar-refractivity contribution in [3.05, 3.63) is 70.0 Å². The lowest BCUT2D eigenvalue weighted by molar-refractivity contribution is 0.615. The zero-order valence-corrected chi connectivity index (χ0v) is 13.2. The van der Waals surface area contributed by atoms with E-state index >= 15 is 0 Å². The van der Waals surface area contributed by atoms with E-state index < -0.39 is 0 Å². The Hall–Kier alpha value is -3.15. The van der Waals surface area contributed by atoms with Crippen molar-refractivity contribution >= 4 is 22.8 Å². The van der Waals surface area contributed by atoms with E-state index in [0.717, 1.165) is 17.5 Å². The Morgan fingerprint density at radius 1 is 1.17 bits per heavy atom. The molecule has 1 atom stereocenters. The van der Waals surface area contributed by atoms with Crippen molar-refractivity contribution in [2.45, 2.75) is 19.5 Å². The predicted octanol–water partition coefficient (Wildman–Crippen LogP) is 2.25. The number of guanidine groups is 1. The summed E-state index contributed by atoms with van der Waals surface area (Å²) in [5.74, 6) is 0.664. The van der Waals surface area contributed by atoms with Gasteiger partial charge in [-0.05, 0) is 29.7 Å². The van der Waals surface area contributed by atoms with Gasteiger partial charge in [0.2, 0.25) is 5.95 Å². The van der Waals surface area contributed by atoms with E-state index in [1.165, 1.54) is 5.56 Å². The highest BCUT2D eigenvalue weighted by atomic mass is 16.1. The quantitative estimate of drug-likeness (QED) is 0.758. The standard InChI is InChI=1S/C18H17N5O/c1-2-11-7-9-12(10-8-11)15-20-17(19)22-18-21-16(24)13-5-3-4-6-14(13)23(15)18/h3-10,15H,2H2,1H3,(H3,19,20,21,22,24). The maximum atomic E-state index is 12.2. The molecule has 4 rings (SSSR count). The van der Waals surface area contributed by atoms with Gasteiger partial charge in [-0.15, -0.1) is 0 Å². The van der Waals surface area contributed by atoms with E-state index in [1.54, 1.807) is 6.07 Å². The molecule has 1 aliphatic heterocycles. The number of benzene rings is 2. The average molecular weight is 319 g/mol. The molecule has 3 aromatic rings. The third kappa shape index (κ3) is 2.23. The highest BCUT2D eigenvalue weighted by Gasteiger charge is 2.24. The molecule has 0 saturated carbocycles. The van der Waals surface area contributed by atoms with E-state index in [2.05, 4.69) is 34.3 Å². The molecule has 2 aromatic carbocycles. The van der Waals surface area contributed by atoms with Gasteiger partial charge < -0.3 is 5.73 Å². The summed E-state index contributed by atoms with van der Waals surface area (Å²) in [6.07, 6.45) is 0.622. The van der Waals surface area contributed by atoms with Crippen molar-refractivity contribution in [2.75, 3.05) is 5.32 Å². The highest BCUT2D eigenvalue weighted by Crippen LogP contribution is 2.29. The summed E-state index contributed by atoms with van der Waals surface area (Å²) in [5, 5.41) is 3.46. The number of nitrogens with zero attached hydrogens (tertiary/aromatic N) is 3. The van der Waals surface area contributed by atoms with Crippen LogP contribution in [0.4, 0.5) is 5.95 Å². The van der Waals surface area contributed by atoms with Gasteiger partial charge in [0.1, 0.15) is 0 Å². The Bertz CT molecular complexity index is 1000. The lowest BCUT2D eigenvalue weighted by Crippen LogP contribution is -2.34. The van der Waals surface area contributed by atoms with E-state index in [-0.39, 0.29) is 17.7 Å². The first-order chi connectivity index (χ1) is 11.7. The first kappa shape index (κ1) is 14.4. The Morgan fingerprint density at radius 3 is 2.67 bits per heavy atom. The molecular weight excluding hydrogens is 302 g/mol. The third-order valence-corrected chi connectivity index (χ3v) is 4.26. The lowest BCUT2D eigenvalue weighted by atomic mass is 10.1. The SMILES string of the molecule is CCc1ccc(C2N=C(N)Nc3nc(=O)c4ccccc4n32)cc1. The van der Waals surface area contributed by atoms with Crippen LogP contribution in [0.15, 0.2) is 58.3 Å². The van der Waals surface area contributed by atoms with Gasteiger partial charge in [-0.2, -0.15) is 4.98 Å². The van der Waals surface area contributed by atoms with Gasteiger partial charge in [-0.25, -0.2) is 4.99 Å². The molecule has 6 heteroatoms. The van der Waals surface area contributed by atoms with Gasteiger partial charge in [-0.1, -0.05) is 43.3 Å². The number of nitrogens with two attached hydrogens (primary N) is 1. The fraction of sp³-hybridized carbons (Fsp3) is 0.167. The number of aliphatic imine (C=N–C) groups is 1. The van der Waals surface area contributed by atoms with Crippen LogP contribution in [-0.4, -0.2) is 15.5 Å². The van der Waals surface area contributed by atoms with Crippen molar-refractivity contribution in [2.24, 2.45) is 10.7 Å². The van der Waals surface area contributed by atoms with E-state index in [4.69, 9.17) is 5.73 Å². The third-order valence-electron chi connectivity index (χ3n) is 4.26. The number of anilines is 1. The van der Waals surface area contributed by atoms with Gasteiger partial charge in [0.05, 0.1) is 10.9 Å². The number of nitrogens with one attached hydrogen (secondary N) is 1. The van der Waals surface area contributed by atoms with Crippen LogP contribution in [-0.2, 0) is 6.42 Å². The van der Waals surface area contributed by atoms with Crippen LogP contribution in [0.25, 0.3) is 10.9 Å². The van der Waals surface area contributed by atoms with Gasteiger partial charge in [0, 0.05) is 0 Å². The second kappa shape index (κ2) is 5.49. The topological polar surface area (TPSA) is 85.3 Å². The molecule has 0 amide bonds. The Labute approximate surface area is 138 Å². The molecule has 24 heavy (non-hydrogen) atoms. The molecule has 1 unspecified atom stereocenters. The summed E-state index contributed by atoms with van der Waals surface area (Å²) in [6, 6.07) is 15.7. The molecule has 0 aliphatic carbocycles. The van der Waals surface area contributed by atoms with Crippen LogP contribution in [0, 0.1) is 0 Å². The smallest absolute Gasteiger partial charge is 0.282 e. The molecule has 1 aromatic heterocycles. The van der Waals surface area contributed by atoms with Crippen LogP contribution in [0.3, 0.4) is 0 Å². The Kier molecular flexibility index (Phi) is 3.30. The fourth-order valence-electron chi connectivity index (χ4n) is 3.01. The first-order valence-electron chi connectivity index (χ1n) is 7.88. The van der Waals surface area contributed by atoms with Crippen molar-refractivity contribution in [1.29, 1.82) is 0 Å². The minimum absolute atomic E-state index is 0.252. The second-order valence-corrected chi connectivity index (χ2v) is 5.74. The number of para-hydroxylation sites is 1. The van der Waals surface area contributed by atoms with Crippen molar-refractivity contribution < 1.29 is 0 Å². The van der Waals surface area contributed by atoms with Gasteiger partial charge >= 0.3 is 0 Å². The van der Waals surface area contributed by atoms with Gasteiger partial charge in [-0.3, -0.25) is 14.7 Å². The number of hydrogen-bond acceptors (Lipinski definition) is 5. The number of aryl methyl sites for hydroxylation is 1. The normalized spacial score (nSPS) is 16.4. The molecule has 3 N–H and O–H groups in total. The summed E-state index contributed by atoms with van der Waals surface area (Å²) >= 11 is 0. The number of aromatic nitrogens is 2. The molecule has 2 heterocycles. The minimum atomic E-state index is -0.356. The summed E-state index contributed by atoms with van der Waals surface area (Å²) < 4.78 is 1.91. The minimum Gasteiger partial charge on any atom is -0.370 e. The molecule has 0 spiro atoms. The molecule has 0 saturated heterocycles. The number of fused-ring (bicyclic) bond motifs is 3. The van der Waals surface area contributed by atoms with Crippen molar-refractivity contribution in [3.8, 4) is 0 Å². The Balaban J connectivity index is 1.97. The maximum Gasteiger partial charge on any atom is 0.282 e. The second-order valence-electron chi connectivity index (χ2n) is 5.74. The predicted molar refractivity (Wildman–Crippen MR) is 95.2 cm³/mol. The van der Waals surface area contributed by atoms with Crippen LogP contribution in [0.5, 0.6) is 0 Å². The number of hydrogen-bond donors (Lipinski definition) is 2. The molecule has 0 fully saturated rings. The highest BCUT2D eigenvalue weighted by molar-refractivity contribution is 5.93. The summed E-state index contributed by atoms with van der Waals surface area (Å²) in [7, 11) is 0. The lowest BCUT2D eigenvalue weighted by Gasteiger charge is -2.27. The first-order valence-corrected chi connectivity index (χ1v) is 7.88. The largest absolute Gasteiger partial charge is 0.370 e.